The lowest BCUT2D eigenvalue weighted by Gasteiger charge is -2.32. The molecule has 0 aliphatic heterocycles. The third kappa shape index (κ3) is 2.99. The van der Waals surface area contributed by atoms with Crippen molar-refractivity contribution in [1.29, 1.82) is 0 Å². The summed E-state index contributed by atoms with van der Waals surface area (Å²) in [5.41, 5.74) is 5.78. The summed E-state index contributed by atoms with van der Waals surface area (Å²) >= 11 is 0. The summed E-state index contributed by atoms with van der Waals surface area (Å²) < 4.78 is 2.64. The first-order valence-corrected chi connectivity index (χ1v) is 7.83. The van der Waals surface area contributed by atoms with E-state index in [9.17, 15) is 9.59 Å². The Morgan fingerprint density at radius 3 is 2.57 bits per heavy atom. The lowest BCUT2D eigenvalue weighted by molar-refractivity contribution is 0.285. The van der Waals surface area contributed by atoms with E-state index < -0.39 is 0 Å². The molecule has 3 N–H and O–H groups in total. The normalized spacial score (nSPS) is 16.5. The molecule has 1 aliphatic rings. The van der Waals surface area contributed by atoms with Crippen LogP contribution in [0.25, 0.3) is 0 Å². The summed E-state index contributed by atoms with van der Waals surface area (Å²) in [4.78, 5) is 24.5. The van der Waals surface area contributed by atoms with Gasteiger partial charge in [-0.05, 0) is 32.1 Å². The summed E-state index contributed by atoms with van der Waals surface area (Å²) in [6, 6.07) is 0.200. The molecule has 0 saturated heterocycles. The van der Waals surface area contributed by atoms with Gasteiger partial charge in [0.15, 0.2) is 0 Å². The number of unbranched alkanes of at least 4 members (excludes halogenated alkanes) is 1. The Balaban J connectivity index is 2.37. The summed E-state index contributed by atoms with van der Waals surface area (Å²) in [7, 11) is 1.51. The number of nitrogens with two attached hydrogens (primary N) is 1. The van der Waals surface area contributed by atoms with E-state index in [1.54, 1.807) is 0 Å². The molecule has 1 aromatic rings. The summed E-state index contributed by atoms with van der Waals surface area (Å²) in [5.74, 6) is 0.854. The molecule has 0 radical (unpaired) electrons. The van der Waals surface area contributed by atoms with Gasteiger partial charge in [-0.25, -0.2) is 4.79 Å². The van der Waals surface area contributed by atoms with E-state index in [2.05, 4.69) is 19.2 Å². The van der Waals surface area contributed by atoms with Gasteiger partial charge in [0.2, 0.25) is 0 Å². The third-order valence-corrected chi connectivity index (χ3v) is 4.55. The molecule has 0 amide bonds. The number of anilines is 2. The van der Waals surface area contributed by atoms with Crippen molar-refractivity contribution in [2.75, 3.05) is 11.1 Å². The number of hydrogen-bond acceptors (Lipinski definition) is 4. The highest BCUT2D eigenvalue weighted by Gasteiger charge is 2.26. The van der Waals surface area contributed by atoms with Crippen LogP contribution in [0.2, 0.25) is 0 Å². The predicted octanol–water partition coefficient (Wildman–Crippen LogP) is 1.53. The second-order valence-electron chi connectivity index (χ2n) is 6.04. The minimum absolute atomic E-state index is 0.200. The van der Waals surface area contributed by atoms with Crippen LogP contribution in [0.1, 0.15) is 46.0 Å². The number of rotatable bonds is 6. The highest BCUT2D eigenvalue weighted by atomic mass is 16.2. The van der Waals surface area contributed by atoms with Crippen molar-refractivity contribution in [2.45, 2.75) is 58.5 Å². The Morgan fingerprint density at radius 2 is 2.05 bits per heavy atom. The minimum atomic E-state index is -0.340. The van der Waals surface area contributed by atoms with Crippen molar-refractivity contribution in [1.82, 2.24) is 9.13 Å². The third-order valence-electron chi connectivity index (χ3n) is 4.55. The molecule has 118 valence electrons. The second-order valence-corrected chi connectivity index (χ2v) is 6.04. The van der Waals surface area contributed by atoms with E-state index >= 15 is 0 Å². The molecular formula is C15H26N4O2. The first-order valence-electron chi connectivity index (χ1n) is 7.83. The van der Waals surface area contributed by atoms with Gasteiger partial charge in [-0.1, -0.05) is 19.8 Å². The maximum absolute atomic E-state index is 12.3. The molecule has 1 atom stereocenters. The van der Waals surface area contributed by atoms with Crippen LogP contribution in [0, 0.1) is 5.92 Å². The quantitative estimate of drug-likeness (QED) is 0.833. The van der Waals surface area contributed by atoms with Gasteiger partial charge < -0.3 is 11.1 Å². The summed E-state index contributed by atoms with van der Waals surface area (Å²) in [6.45, 7) is 4.67. The standard InChI is InChI=1S/C15H26N4O2/c1-4-5-9-19-13(16)12(14(20)18(3)15(19)21)17-10(2)11-7-6-8-11/h10-11,17H,4-9,16H2,1-3H3. The van der Waals surface area contributed by atoms with Crippen molar-refractivity contribution >= 4 is 11.5 Å². The molecular weight excluding hydrogens is 268 g/mol. The number of nitrogens with one attached hydrogen (secondary N) is 1. The van der Waals surface area contributed by atoms with E-state index in [1.807, 2.05) is 0 Å². The molecule has 0 aromatic carbocycles. The highest BCUT2D eigenvalue weighted by molar-refractivity contribution is 5.61. The average molecular weight is 294 g/mol. The lowest BCUT2D eigenvalue weighted by atomic mass is 9.80. The van der Waals surface area contributed by atoms with Crippen LogP contribution in [0.15, 0.2) is 9.59 Å². The highest BCUT2D eigenvalue weighted by Crippen LogP contribution is 2.31. The minimum Gasteiger partial charge on any atom is -0.383 e. The molecule has 1 aromatic heterocycles. The van der Waals surface area contributed by atoms with Gasteiger partial charge in [-0.2, -0.15) is 0 Å². The number of nitrogen functional groups attached to an aromatic ring is 1. The van der Waals surface area contributed by atoms with E-state index in [1.165, 1.54) is 30.9 Å². The molecule has 1 saturated carbocycles. The van der Waals surface area contributed by atoms with Crippen LogP contribution in [0.5, 0.6) is 0 Å². The predicted molar refractivity (Wildman–Crippen MR) is 85.7 cm³/mol. The first kappa shape index (κ1) is 15.7. The van der Waals surface area contributed by atoms with Crippen molar-refractivity contribution in [3.63, 3.8) is 0 Å². The summed E-state index contributed by atoms with van der Waals surface area (Å²) in [5, 5.41) is 3.25. The fourth-order valence-corrected chi connectivity index (χ4v) is 2.74. The van der Waals surface area contributed by atoms with E-state index in [-0.39, 0.29) is 23.1 Å². The van der Waals surface area contributed by atoms with Crippen molar-refractivity contribution < 1.29 is 0 Å². The SMILES string of the molecule is CCCCn1c(N)c(NC(C)C2CCC2)c(=O)n(C)c1=O. The molecule has 1 fully saturated rings. The average Bonchev–Trinajstić information content (AvgIpc) is 2.39. The number of aromatic nitrogens is 2. The van der Waals surface area contributed by atoms with Crippen molar-refractivity contribution in [2.24, 2.45) is 13.0 Å². The Kier molecular flexibility index (Phi) is 4.75. The zero-order valence-corrected chi connectivity index (χ0v) is 13.2. The van der Waals surface area contributed by atoms with Gasteiger partial charge in [0, 0.05) is 19.6 Å². The zero-order valence-electron chi connectivity index (χ0n) is 13.2. The van der Waals surface area contributed by atoms with Crippen molar-refractivity contribution in [3.8, 4) is 0 Å². The Labute approximate surface area is 125 Å². The Morgan fingerprint density at radius 1 is 1.38 bits per heavy atom. The Bertz CT molecular complexity index is 613. The van der Waals surface area contributed by atoms with Crippen LogP contribution in [-0.4, -0.2) is 15.2 Å². The van der Waals surface area contributed by atoms with Crippen LogP contribution in [0.4, 0.5) is 11.5 Å². The van der Waals surface area contributed by atoms with E-state index in [4.69, 9.17) is 5.73 Å². The van der Waals surface area contributed by atoms with E-state index in [0.29, 0.717) is 18.2 Å². The van der Waals surface area contributed by atoms with Crippen molar-refractivity contribution in [3.05, 3.63) is 20.8 Å². The fraction of sp³-hybridized carbons (Fsp3) is 0.733. The van der Waals surface area contributed by atoms with Gasteiger partial charge in [-0.15, -0.1) is 0 Å². The lowest BCUT2D eigenvalue weighted by Crippen LogP contribution is -2.42. The molecule has 0 bridgehead atoms. The molecule has 21 heavy (non-hydrogen) atoms. The largest absolute Gasteiger partial charge is 0.383 e. The number of hydrogen-bond donors (Lipinski definition) is 2. The van der Waals surface area contributed by atoms with Gasteiger partial charge in [-0.3, -0.25) is 13.9 Å². The molecule has 2 rings (SSSR count). The molecule has 1 heterocycles. The summed E-state index contributed by atoms with van der Waals surface area (Å²) in [6.07, 6.45) is 5.45. The molecule has 0 spiro atoms. The van der Waals surface area contributed by atoms with Crippen LogP contribution in [0.3, 0.4) is 0 Å². The topological polar surface area (TPSA) is 82.0 Å². The maximum Gasteiger partial charge on any atom is 0.332 e. The van der Waals surface area contributed by atoms with Gasteiger partial charge in [0.05, 0.1) is 0 Å². The van der Waals surface area contributed by atoms with Crippen LogP contribution >= 0.6 is 0 Å². The van der Waals surface area contributed by atoms with Crippen LogP contribution in [-0.2, 0) is 13.6 Å². The molecule has 1 unspecified atom stereocenters. The maximum atomic E-state index is 12.3. The molecule has 6 heteroatoms. The fourth-order valence-electron chi connectivity index (χ4n) is 2.74. The van der Waals surface area contributed by atoms with Gasteiger partial charge >= 0.3 is 5.69 Å². The van der Waals surface area contributed by atoms with E-state index in [0.717, 1.165) is 17.4 Å². The molecule has 6 nitrogen and oxygen atoms in total. The van der Waals surface area contributed by atoms with Crippen LogP contribution < -0.4 is 22.3 Å². The zero-order chi connectivity index (χ0) is 15.6. The first-order chi connectivity index (χ1) is 9.97. The smallest absolute Gasteiger partial charge is 0.332 e. The molecule has 1 aliphatic carbocycles. The monoisotopic (exact) mass is 294 g/mol. The number of nitrogens with zero attached hydrogens (tertiary/aromatic N) is 2. The van der Waals surface area contributed by atoms with Gasteiger partial charge in [0.25, 0.3) is 5.56 Å². The Hall–Kier alpha value is -1.72. The second kappa shape index (κ2) is 6.37. The van der Waals surface area contributed by atoms with Gasteiger partial charge in [0.1, 0.15) is 11.5 Å².